The second-order valence-electron chi connectivity index (χ2n) is 5.12. The summed E-state index contributed by atoms with van der Waals surface area (Å²) in [6.07, 6.45) is 1.07. The number of halogens is 1. The van der Waals surface area contributed by atoms with E-state index in [4.69, 9.17) is 16.7 Å². The molecule has 2 N–H and O–H groups in total. The number of hydrogen-bond donors (Lipinski definition) is 2. The molecule has 0 aliphatic heterocycles. The number of carboxylic acids is 1. The van der Waals surface area contributed by atoms with E-state index >= 15 is 0 Å². The van der Waals surface area contributed by atoms with Crippen LogP contribution in [0.3, 0.4) is 0 Å². The van der Waals surface area contributed by atoms with Gasteiger partial charge in [-0.2, -0.15) is 0 Å². The summed E-state index contributed by atoms with van der Waals surface area (Å²) >= 11 is 5.78. The van der Waals surface area contributed by atoms with Gasteiger partial charge in [-0.1, -0.05) is 42.5 Å². The highest BCUT2D eigenvalue weighted by Crippen LogP contribution is 2.29. The Morgan fingerprint density at radius 2 is 1.95 bits per heavy atom. The number of benzene rings is 2. The van der Waals surface area contributed by atoms with Gasteiger partial charge in [-0.15, -0.1) is 11.6 Å². The average Bonchev–Trinajstić information content (AvgIpc) is 2.54. The van der Waals surface area contributed by atoms with Crippen molar-refractivity contribution < 1.29 is 9.90 Å². The van der Waals surface area contributed by atoms with Crippen molar-refractivity contribution in [1.29, 1.82) is 0 Å². The van der Waals surface area contributed by atoms with Crippen LogP contribution in [0.2, 0.25) is 0 Å². The maximum absolute atomic E-state index is 10.8. The summed E-state index contributed by atoms with van der Waals surface area (Å²) in [7, 11) is 0. The molecule has 2 rings (SSSR count). The number of alkyl halides is 1. The van der Waals surface area contributed by atoms with Gasteiger partial charge >= 0.3 is 5.97 Å². The fourth-order valence-corrected chi connectivity index (χ4v) is 2.48. The Hall–Kier alpha value is -2.00. The topological polar surface area (TPSA) is 49.3 Å². The zero-order valence-electron chi connectivity index (χ0n) is 12.6. The number of aryl methyl sites for hydroxylation is 1. The maximum Gasteiger partial charge on any atom is 0.321 e. The van der Waals surface area contributed by atoms with Crippen LogP contribution in [0, 0.1) is 0 Å². The smallest absolute Gasteiger partial charge is 0.321 e. The molecule has 0 bridgehead atoms. The van der Waals surface area contributed by atoms with Gasteiger partial charge in [-0.05, 0) is 37.0 Å². The fourth-order valence-electron chi connectivity index (χ4n) is 2.37. The van der Waals surface area contributed by atoms with E-state index in [-0.39, 0.29) is 0 Å². The molecule has 0 aliphatic carbocycles. The van der Waals surface area contributed by atoms with Crippen molar-refractivity contribution in [1.82, 2.24) is 0 Å². The molecule has 0 saturated heterocycles. The van der Waals surface area contributed by atoms with Gasteiger partial charge in [-0.3, -0.25) is 4.79 Å². The van der Waals surface area contributed by atoms with E-state index in [9.17, 15) is 4.79 Å². The average molecular weight is 318 g/mol. The molecule has 0 fully saturated rings. The van der Waals surface area contributed by atoms with Gasteiger partial charge in [0.05, 0.1) is 0 Å². The lowest BCUT2D eigenvalue weighted by atomic mass is 9.99. The first-order chi connectivity index (χ1) is 10.6. The molecular formula is C18H20ClNO2. The van der Waals surface area contributed by atoms with E-state index < -0.39 is 11.3 Å². The van der Waals surface area contributed by atoms with Crippen LogP contribution in [0.5, 0.6) is 0 Å². The third-order valence-electron chi connectivity index (χ3n) is 3.49. The Balaban J connectivity index is 2.22. The highest BCUT2D eigenvalue weighted by molar-refractivity contribution is 6.29. The Labute approximate surface area is 135 Å². The number of rotatable bonds is 7. The third-order valence-corrected chi connectivity index (χ3v) is 3.90. The molecule has 1 atom stereocenters. The van der Waals surface area contributed by atoms with Crippen molar-refractivity contribution in [2.45, 2.75) is 25.1 Å². The number of aliphatic carboxylic acids is 1. The quantitative estimate of drug-likeness (QED) is 0.744. The SMILES string of the molecule is CCNc1cc(CCC(Cl)C(=O)O)ccc1-c1ccccc1. The molecule has 116 valence electrons. The maximum atomic E-state index is 10.8. The van der Waals surface area contributed by atoms with Gasteiger partial charge in [0.25, 0.3) is 0 Å². The molecule has 2 aromatic rings. The standard InChI is InChI=1S/C18H20ClNO2/c1-2-20-17-12-13(9-11-16(19)18(21)22)8-10-15(17)14-6-4-3-5-7-14/h3-8,10,12,16,20H,2,9,11H2,1H3,(H,21,22). The number of carbonyl (C=O) groups is 1. The lowest BCUT2D eigenvalue weighted by molar-refractivity contribution is -0.136. The predicted octanol–water partition coefficient (Wildman–Crippen LogP) is 4.41. The zero-order valence-corrected chi connectivity index (χ0v) is 13.3. The second-order valence-corrected chi connectivity index (χ2v) is 5.65. The van der Waals surface area contributed by atoms with Gasteiger partial charge in [0.2, 0.25) is 0 Å². The van der Waals surface area contributed by atoms with Gasteiger partial charge in [0.15, 0.2) is 0 Å². The van der Waals surface area contributed by atoms with E-state index in [1.807, 2.05) is 24.3 Å². The summed E-state index contributed by atoms with van der Waals surface area (Å²) in [5, 5.41) is 11.4. The molecule has 0 amide bonds. The Morgan fingerprint density at radius 3 is 2.59 bits per heavy atom. The molecule has 22 heavy (non-hydrogen) atoms. The summed E-state index contributed by atoms with van der Waals surface area (Å²) in [4.78, 5) is 10.8. The van der Waals surface area contributed by atoms with Crippen LogP contribution in [-0.2, 0) is 11.2 Å². The number of anilines is 1. The molecule has 4 heteroatoms. The molecule has 0 aromatic heterocycles. The summed E-state index contributed by atoms with van der Waals surface area (Å²) in [6, 6.07) is 16.4. The van der Waals surface area contributed by atoms with Gasteiger partial charge in [-0.25, -0.2) is 0 Å². The highest BCUT2D eigenvalue weighted by Gasteiger charge is 2.13. The Bertz CT molecular complexity index is 628. The van der Waals surface area contributed by atoms with Crippen LogP contribution in [0.15, 0.2) is 48.5 Å². The first kappa shape index (κ1) is 16.4. The van der Waals surface area contributed by atoms with Gasteiger partial charge in [0, 0.05) is 17.8 Å². The van der Waals surface area contributed by atoms with Crippen molar-refractivity contribution in [2.75, 3.05) is 11.9 Å². The van der Waals surface area contributed by atoms with E-state index in [2.05, 4.69) is 36.5 Å². The van der Waals surface area contributed by atoms with Crippen molar-refractivity contribution in [3.8, 4) is 11.1 Å². The first-order valence-electron chi connectivity index (χ1n) is 7.41. The minimum Gasteiger partial charge on any atom is -0.480 e. The minimum atomic E-state index is -0.963. The molecule has 3 nitrogen and oxygen atoms in total. The van der Waals surface area contributed by atoms with Crippen molar-refractivity contribution in [3.63, 3.8) is 0 Å². The summed E-state index contributed by atoms with van der Waals surface area (Å²) in [6.45, 7) is 2.89. The zero-order chi connectivity index (χ0) is 15.9. The van der Waals surface area contributed by atoms with E-state index in [0.717, 1.165) is 28.9 Å². The van der Waals surface area contributed by atoms with Gasteiger partial charge in [0.1, 0.15) is 5.38 Å². The molecule has 0 aliphatic rings. The number of carboxylic acid groups (broad SMARTS) is 1. The summed E-state index contributed by atoms with van der Waals surface area (Å²) in [5.41, 5.74) is 4.45. The number of nitrogens with one attached hydrogen (secondary N) is 1. The van der Waals surface area contributed by atoms with Crippen molar-refractivity contribution in [3.05, 3.63) is 54.1 Å². The van der Waals surface area contributed by atoms with E-state index in [1.54, 1.807) is 0 Å². The molecule has 2 aromatic carbocycles. The van der Waals surface area contributed by atoms with E-state index in [1.165, 1.54) is 0 Å². The normalized spacial score (nSPS) is 11.9. The molecule has 0 spiro atoms. The molecule has 1 unspecified atom stereocenters. The van der Waals surface area contributed by atoms with Crippen molar-refractivity contribution in [2.24, 2.45) is 0 Å². The van der Waals surface area contributed by atoms with Crippen LogP contribution in [-0.4, -0.2) is 23.0 Å². The second kappa shape index (κ2) is 7.85. The molecule has 0 heterocycles. The summed E-state index contributed by atoms with van der Waals surface area (Å²) in [5.74, 6) is -0.963. The van der Waals surface area contributed by atoms with Crippen LogP contribution < -0.4 is 5.32 Å². The van der Waals surface area contributed by atoms with Gasteiger partial charge < -0.3 is 10.4 Å². The number of hydrogen-bond acceptors (Lipinski definition) is 2. The third kappa shape index (κ3) is 4.25. The van der Waals surface area contributed by atoms with Crippen LogP contribution >= 0.6 is 11.6 Å². The lowest BCUT2D eigenvalue weighted by Crippen LogP contribution is -2.13. The minimum absolute atomic E-state index is 0.424. The summed E-state index contributed by atoms with van der Waals surface area (Å²) < 4.78 is 0. The first-order valence-corrected chi connectivity index (χ1v) is 7.84. The van der Waals surface area contributed by atoms with Crippen LogP contribution in [0.1, 0.15) is 18.9 Å². The Kier molecular flexibility index (Phi) is 5.84. The fraction of sp³-hybridized carbons (Fsp3) is 0.278. The molecule has 0 radical (unpaired) electrons. The largest absolute Gasteiger partial charge is 0.480 e. The predicted molar refractivity (Wildman–Crippen MR) is 91.6 cm³/mol. The lowest BCUT2D eigenvalue weighted by Gasteiger charge is -2.13. The molecule has 0 saturated carbocycles. The van der Waals surface area contributed by atoms with Crippen LogP contribution in [0.4, 0.5) is 5.69 Å². The monoisotopic (exact) mass is 317 g/mol. The molecular weight excluding hydrogens is 298 g/mol. The van der Waals surface area contributed by atoms with Crippen LogP contribution in [0.25, 0.3) is 11.1 Å². The Morgan fingerprint density at radius 1 is 1.23 bits per heavy atom. The highest BCUT2D eigenvalue weighted by atomic mass is 35.5. The van der Waals surface area contributed by atoms with E-state index in [0.29, 0.717) is 12.8 Å². The van der Waals surface area contributed by atoms with Crippen molar-refractivity contribution >= 4 is 23.3 Å².